The molecular weight excluding hydrogens is 250 g/mol. The minimum atomic E-state index is -0.484. The molecule has 1 N–H and O–H groups in total. The number of imide groups is 1. The molecule has 2 rings (SSSR count). The lowest BCUT2D eigenvalue weighted by atomic mass is 10.0. The zero-order chi connectivity index (χ0) is 14.0. The lowest BCUT2D eigenvalue weighted by Gasteiger charge is -2.28. The Labute approximate surface area is 109 Å². The maximum atomic E-state index is 11.8. The third kappa shape index (κ3) is 2.70. The fourth-order valence-corrected chi connectivity index (χ4v) is 1.93. The number of nitro benzene ring substituents is 1. The van der Waals surface area contributed by atoms with Crippen molar-refractivity contribution >= 4 is 23.2 Å². The number of piperidine rings is 1. The molecule has 19 heavy (non-hydrogen) atoms. The van der Waals surface area contributed by atoms with E-state index >= 15 is 0 Å². The number of carbonyl (C=O) groups is 2. The first-order valence-corrected chi connectivity index (χ1v) is 5.80. The normalized spacial score (nSPS) is 19.4. The number of nitrogens with one attached hydrogen (secondary N) is 1. The lowest BCUT2D eigenvalue weighted by molar-refractivity contribution is -0.384. The molecule has 1 aliphatic rings. The Morgan fingerprint density at radius 1 is 1.32 bits per heavy atom. The average molecular weight is 263 g/mol. The summed E-state index contributed by atoms with van der Waals surface area (Å²) in [4.78, 5) is 34.3. The summed E-state index contributed by atoms with van der Waals surface area (Å²) in [5.41, 5.74) is 0.611. The first-order chi connectivity index (χ1) is 8.99. The van der Waals surface area contributed by atoms with Gasteiger partial charge in [-0.1, -0.05) is 0 Å². The van der Waals surface area contributed by atoms with Crippen LogP contribution in [0.1, 0.15) is 12.8 Å². The zero-order valence-corrected chi connectivity index (χ0v) is 10.3. The molecule has 1 atom stereocenters. The van der Waals surface area contributed by atoms with Crippen LogP contribution < -0.4 is 5.32 Å². The van der Waals surface area contributed by atoms with Gasteiger partial charge in [0.1, 0.15) is 6.04 Å². The Morgan fingerprint density at radius 3 is 2.53 bits per heavy atom. The van der Waals surface area contributed by atoms with Crippen LogP contribution in [-0.4, -0.2) is 34.7 Å². The van der Waals surface area contributed by atoms with Crippen LogP contribution in [0.3, 0.4) is 0 Å². The number of hydrogen-bond acceptors (Lipinski definition) is 5. The van der Waals surface area contributed by atoms with Crippen molar-refractivity contribution in [2.75, 3.05) is 12.4 Å². The molecule has 1 aromatic rings. The summed E-state index contributed by atoms with van der Waals surface area (Å²) in [6.45, 7) is 0. The Morgan fingerprint density at radius 2 is 1.95 bits per heavy atom. The van der Waals surface area contributed by atoms with Gasteiger partial charge in [-0.25, -0.2) is 0 Å². The molecule has 1 unspecified atom stereocenters. The van der Waals surface area contributed by atoms with Gasteiger partial charge in [0.2, 0.25) is 5.91 Å². The van der Waals surface area contributed by atoms with Crippen LogP contribution in [0, 0.1) is 10.1 Å². The van der Waals surface area contributed by atoms with Gasteiger partial charge < -0.3 is 5.32 Å². The largest absolute Gasteiger partial charge is 0.374 e. The zero-order valence-electron chi connectivity index (χ0n) is 10.3. The van der Waals surface area contributed by atoms with E-state index in [9.17, 15) is 19.7 Å². The average Bonchev–Trinajstić information content (AvgIpc) is 2.40. The van der Waals surface area contributed by atoms with Gasteiger partial charge in [-0.2, -0.15) is 0 Å². The monoisotopic (exact) mass is 263 g/mol. The highest BCUT2D eigenvalue weighted by Crippen LogP contribution is 2.19. The van der Waals surface area contributed by atoms with Crippen molar-refractivity contribution < 1.29 is 14.5 Å². The van der Waals surface area contributed by atoms with E-state index in [1.807, 2.05) is 0 Å². The topological polar surface area (TPSA) is 92.6 Å². The van der Waals surface area contributed by atoms with Crippen molar-refractivity contribution in [3.63, 3.8) is 0 Å². The molecule has 100 valence electrons. The predicted molar refractivity (Wildman–Crippen MR) is 67.5 cm³/mol. The van der Waals surface area contributed by atoms with E-state index in [1.54, 1.807) is 12.1 Å². The van der Waals surface area contributed by atoms with Gasteiger partial charge in [0, 0.05) is 31.3 Å². The molecular formula is C12H13N3O4. The first kappa shape index (κ1) is 13.0. The van der Waals surface area contributed by atoms with Crippen molar-refractivity contribution in [1.82, 2.24) is 4.90 Å². The summed E-state index contributed by atoms with van der Waals surface area (Å²) >= 11 is 0. The molecule has 0 saturated carbocycles. The maximum Gasteiger partial charge on any atom is 0.269 e. The summed E-state index contributed by atoms with van der Waals surface area (Å²) in [5, 5.41) is 13.5. The second-order valence-corrected chi connectivity index (χ2v) is 4.33. The minimum Gasteiger partial charge on any atom is -0.374 e. The van der Waals surface area contributed by atoms with Crippen LogP contribution >= 0.6 is 0 Å². The van der Waals surface area contributed by atoms with E-state index < -0.39 is 11.0 Å². The summed E-state index contributed by atoms with van der Waals surface area (Å²) in [5.74, 6) is -0.471. The van der Waals surface area contributed by atoms with Crippen LogP contribution in [0.25, 0.3) is 0 Å². The molecule has 7 heteroatoms. The number of likely N-dealkylation sites (N-methyl/N-ethyl adjacent to an activating group) is 1. The molecule has 1 heterocycles. The van der Waals surface area contributed by atoms with Crippen LogP contribution in [0.4, 0.5) is 11.4 Å². The number of nitro groups is 1. The number of likely N-dealkylation sites (tertiary alicyclic amines) is 1. The quantitative estimate of drug-likeness (QED) is 0.501. The fraction of sp³-hybridized carbons (Fsp3) is 0.333. The van der Waals surface area contributed by atoms with E-state index in [2.05, 4.69) is 5.32 Å². The van der Waals surface area contributed by atoms with Gasteiger partial charge >= 0.3 is 0 Å². The lowest BCUT2D eigenvalue weighted by Crippen LogP contribution is -2.48. The summed E-state index contributed by atoms with van der Waals surface area (Å²) in [6, 6.07) is 5.35. The van der Waals surface area contributed by atoms with Crippen LogP contribution in [0.5, 0.6) is 0 Å². The van der Waals surface area contributed by atoms with Crippen molar-refractivity contribution in [1.29, 1.82) is 0 Å². The van der Waals surface area contributed by atoms with Gasteiger partial charge in [0.05, 0.1) is 4.92 Å². The molecule has 1 aliphatic heterocycles. The van der Waals surface area contributed by atoms with Gasteiger partial charge in [0.25, 0.3) is 11.6 Å². The molecule has 1 aromatic carbocycles. The number of hydrogen-bond donors (Lipinski definition) is 1. The maximum absolute atomic E-state index is 11.8. The second-order valence-electron chi connectivity index (χ2n) is 4.33. The first-order valence-electron chi connectivity index (χ1n) is 5.80. The van der Waals surface area contributed by atoms with E-state index in [4.69, 9.17) is 0 Å². The van der Waals surface area contributed by atoms with Crippen molar-refractivity contribution in [2.24, 2.45) is 0 Å². The molecule has 0 bridgehead atoms. The third-order valence-electron chi connectivity index (χ3n) is 3.07. The molecule has 0 radical (unpaired) electrons. The standard InChI is InChI=1S/C12H13N3O4/c1-14-11(16)7-6-10(12(14)17)13-8-2-4-9(5-3-8)15(18)19/h2-5,10,13H,6-7H2,1H3. The van der Waals surface area contributed by atoms with E-state index in [1.165, 1.54) is 19.2 Å². The molecule has 0 aromatic heterocycles. The number of amides is 2. The van der Waals surface area contributed by atoms with Crippen LogP contribution in [-0.2, 0) is 9.59 Å². The Hall–Kier alpha value is -2.44. The minimum absolute atomic E-state index is 0.00665. The smallest absolute Gasteiger partial charge is 0.269 e. The molecule has 2 amide bonds. The van der Waals surface area contributed by atoms with Gasteiger partial charge in [0.15, 0.2) is 0 Å². The number of anilines is 1. The highest BCUT2D eigenvalue weighted by molar-refractivity contribution is 6.01. The molecule has 7 nitrogen and oxygen atoms in total. The number of benzene rings is 1. The number of nitrogens with zero attached hydrogens (tertiary/aromatic N) is 2. The fourth-order valence-electron chi connectivity index (χ4n) is 1.93. The van der Waals surface area contributed by atoms with Crippen molar-refractivity contribution in [3.8, 4) is 0 Å². The number of non-ortho nitro benzene ring substituents is 1. The van der Waals surface area contributed by atoms with Crippen LogP contribution in [0.2, 0.25) is 0 Å². The van der Waals surface area contributed by atoms with E-state index in [0.717, 1.165) is 4.90 Å². The second kappa shape index (κ2) is 5.05. The SMILES string of the molecule is CN1C(=O)CCC(Nc2ccc([N+](=O)[O-])cc2)C1=O. The summed E-state index contributed by atoms with van der Waals surface area (Å²) < 4.78 is 0. The van der Waals surface area contributed by atoms with Gasteiger partial charge in [-0.05, 0) is 18.6 Å². The molecule has 1 saturated heterocycles. The van der Waals surface area contributed by atoms with Crippen LogP contribution in [0.15, 0.2) is 24.3 Å². The molecule has 0 spiro atoms. The number of carbonyl (C=O) groups excluding carboxylic acids is 2. The molecule has 1 fully saturated rings. The van der Waals surface area contributed by atoms with E-state index in [0.29, 0.717) is 18.5 Å². The third-order valence-corrected chi connectivity index (χ3v) is 3.07. The summed E-state index contributed by atoms with van der Waals surface area (Å²) in [7, 11) is 1.45. The Kier molecular flexibility index (Phi) is 3.46. The van der Waals surface area contributed by atoms with Crippen molar-refractivity contribution in [2.45, 2.75) is 18.9 Å². The Balaban J connectivity index is 2.07. The highest BCUT2D eigenvalue weighted by Gasteiger charge is 2.31. The van der Waals surface area contributed by atoms with Gasteiger partial charge in [-0.15, -0.1) is 0 Å². The van der Waals surface area contributed by atoms with E-state index in [-0.39, 0.29) is 17.5 Å². The van der Waals surface area contributed by atoms with Gasteiger partial charge in [-0.3, -0.25) is 24.6 Å². The molecule has 0 aliphatic carbocycles. The predicted octanol–water partition coefficient (Wildman–Crippen LogP) is 1.15. The number of rotatable bonds is 3. The highest BCUT2D eigenvalue weighted by atomic mass is 16.6. The summed E-state index contributed by atoms with van der Waals surface area (Å²) in [6.07, 6.45) is 0.742. The van der Waals surface area contributed by atoms with Crippen molar-refractivity contribution in [3.05, 3.63) is 34.4 Å². The Bertz CT molecular complexity index is 526.